The lowest BCUT2D eigenvalue weighted by atomic mass is 10.0. The average molecular weight is 274 g/mol. The van der Waals surface area contributed by atoms with Gasteiger partial charge in [-0.2, -0.15) is 0 Å². The molecule has 0 fully saturated rings. The van der Waals surface area contributed by atoms with Crippen molar-refractivity contribution in [3.63, 3.8) is 0 Å². The molecular formula is C16H22N2O2. The van der Waals surface area contributed by atoms with E-state index < -0.39 is 0 Å². The van der Waals surface area contributed by atoms with Gasteiger partial charge < -0.3 is 10.2 Å². The molecule has 0 atom stereocenters. The van der Waals surface area contributed by atoms with Crippen LogP contribution in [0.25, 0.3) is 0 Å². The molecule has 1 heterocycles. The number of nitrogens with zero attached hydrogens (tertiary/aromatic N) is 1. The first kappa shape index (κ1) is 14.6. The maximum absolute atomic E-state index is 11.8. The van der Waals surface area contributed by atoms with Crippen LogP contribution in [0, 0.1) is 5.92 Å². The van der Waals surface area contributed by atoms with Gasteiger partial charge in [-0.1, -0.05) is 13.8 Å². The van der Waals surface area contributed by atoms with Crippen molar-refractivity contribution in [3.8, 4) is 0 Å². The molecule has 1 aromatic carbocycles. The van der Waals surface area contributed by atoms with Gasteiger partial charge in [0.15, 0.2) is 0 Å². The van der Waals surface area contributed by atoms with Crippen LogP contribution in [0.5, 0.6) is 0 Å². The number of carbonyl (C=O) groups excluding carboxylic acids is 2. The van der Waals surface area contributed by atoms with Crippen LogP contribution in [0.15, 0.2) is 18.2 Å². The van der Waals surface area contributed by atoms with Gasteiger partial charge in [-0.25, -0.2) is 0 Å². The molecule has 4 nitrogen and oxygen atoms in total. The molecule has 4 heteroatoms. The molecule has 0 aliphatic carbocycles. The highest BCUT2D eigenvalue weighted by atomic mass is 16.2. The van der Waals surface area contributed by atoms with Crippen molar-refractivity contribution in [1.82, 2.24) is 0 Å². The average Bonchev–Trinajstić information content (AvgIpc) is 2.38. The lowest BCUT2D eigenvalue weighted by Gasteiger charge is -2.28. The lowest BCUT2D eigenvalue weighted by Crippen LogP contribution is -2.34. The summed E-state index contributed by atoms with van der Waals surface area (Å²) in [5.74, 6) is 0.566. The fraction of sp³-hybridized carbons (Fsp3) is 0.500. The molecule has 2 amide bonds. The Morgan fingerprint density at radius 3 is 2.75 bits per heavy atom. The number of benzene rings is 1. The third-order valence-electron chi connectivity index (χ3n) is 3.47. The Kier molecular flexibility index (Phi) is 4.42. The summed E-state index contributed by atoms with van der Waals surface area (Å²) in [5, 5.41) is 2.93. The Labute approximate surface area is 120 Å². The summed E-state index contributed by atoms with van der Waals surface area (Å²) < 4.78 is 0. The highest BCUT2D eigenvalue weighted by Crippen LogP contribution is 2.30. The summed E-state index contributed by atoms with van der Waals surface area (Å²) in [5.41, 5.74) is 2.93. The van der Waals surface area contributed by atoms with Crippen LogP contribution < -0.4 is 10.2 Å². The molecule has 1 aliphatic heterocycles. The normalized spacial score (nSPS) is 14.4. The molecule has 1 aromatic rings. The molecule has 0 unspecified atom stereocenters. The van der Waals surface area contributed by atoms with E-state index in [0.717, 1.165) is 23.4 Å². The zero-order chi connectivity index (χ0) is 14.7. The third kappa shape index (κ3) is 3.18. The first-order chi connectivity index (χ1) is 9.51. The summed E-state index contributed by atoms with van der Waals surface area (Å²) in [6.07, 6.45) is 1.82. The Morgan fingerprint density at radius 2 is 2.10 bits per heavy atom. The molecule has 0 spiro atoms. The van der Waals surface area contributed by atoms with Gasteiger partial charge in [0, 0.05) is 30.8 Å². The van der Waals surface area contributed by atoms with Crippen LogP contribution in [-0.2, 0) is 16.0 Å². The maximum Gasteiger partial charge on any atom is 0.227 e. The van der Waals surface area contributed by atoms with Crippen molar-refractivity contribution in [2.45, 2.75) is 40.0 Å². The Balaban J connectivity index is 2.16. The number of rotatable bonds is 4. The molecule has 0 aromatic heterocycles. The number of anilines is 2. The SMILES string of the molecule is CCN1C(=O)CCc2cc(NC(=O)CC(C)C)ccc21. The molecule has 1 N–H and O–H groups in total. The van der Waals surface area contributed by atoms with E-state index in [-0.39, 0.29) is 11.8 Å². The summed E-state index contributed by atoms with van der Waals surface area (Å²) in [7, 11) is 0. The summed E-state index contributed by atoms with van der Waals surface area (Å²) in [6.45, 7) is 6.71. The highest BCUT2D eigenvalue weighted by molar-refractivity contribution is 5.97. The third-order valence-corrected chi connectivity index (χ3v) is 3.47. The predicted molar refractivity (Wildman–Crippen MR) is 80.9 cm³/mol. The number of carbonyl (C=O) groups is 2. The van der Waals surface area contributed by atoms with E-state index in [1.165, 1.54) is 0 Å². The van der Waals surface area contributed by atoms with E-state index >= 15 is 0 Å². The number of amides is 2. The van der Waals surface area contributed by atoms with Gasteiger partial charge in [-0.05, 0) is 43.0 Å². The fourth-order valence-electron chi connectivity index (χ4n) is 2.57. The second kappa shape index (κ2) is 6.07. The van der Waals surface area contributed by atoms with Crippen LogP contribution >= 0.6 is 0 Å². The van der Waals surface area contributed by atoms with E-state index in [9.17, 15) is 9.59 Å². The van der Waals surface area contributed by atoms with Crippen molar-refractivity contribution in [2.75, 3.05) is 16.8 Å². The molecule has 2 rings (SSSR count). The highest BCUT2D eigenvalue weighted by Gasteiger charge is 2.22. The lowest BCUT2D eigenvalue weighted by molar-refractivity contribution is -0.119. The minimum atomic E-state index is 0.0409. The molecule has 0 bridgehead atoms. The van der Waals surface area contributed by atoms with Crippen molar-refractivity contribution >= 4 is 23.2 Å². The van der Waals surface area contributed by atoms with Crippen LogP contribution in [0.3, 0.4) is 0 Å². The smallest absolute Gasteiger partial charge is 0.227 e. The summed E-state index contributed by atoms with van der Waals surface area (Å²) in [6, 6.07) is 5.79. The zero-order valence-corrected chi connectivity index (χ0v) is 12.4. The van der Waals surface area contributed by atoms with Gasteiger partial charge in [0.2, 0.25) is 11.8 Å². The molecule has 0 saturated heterocycles. The number of aryl methyl sites for hydroxylation is 1. The summed E-state index contributed by atoms with van der Waals surface area (Å²) >= 11 is 0. The molecule has 0 radical (unpaired) electrons. The van der Waals surface area contributed by atoms with E-state index in [1.807, 2.05) is 39.0 Å². The van der Waals surface area contributed by atoms with Gasteiger partial charge >= 0.3 is 0 Å². The minimum Gasteiger partial charge on any atom is -0.326 e. The molecule has 1 aliphatic rings. The van der Waals surface area contributed by atoms with Gasteiger partial charge in [-0.15, -0.1) is 0 Å². The van der Waals surface area contributed by atoms with Gasteiger partial charge in [-0.3, -0.25) is 9.59 Å². The van der Waals surface area contributed by atoms with Gasteiger partial charge in [0.05, 0.1) is 0 Å². The Bertz CT molecular complexity index is 523. The Morgan fingerprint density at radius 1 is 1.35 bits per heavy atom. The standard InChI is InChI=1S/C16H22N2O2/c1-4-18-14-7-6-13(17-15(19)9-11(2)3)10-12(14)5-8-16(18)20/h6-7,10-11H,4-5,8-9H2,1-3H3,(H,17,19). The zero-order valence-electron chi connectivity index (χ0n) is 12.4. The first-order valence-corrected chi connectivity index (χ1v) is 7.24. The topological polar surface area (TPSA) is 49.4 Å². The minimum absolute atomic E-state index is 0.0409. The Hall–Kier alpha value is -1.84. The van der Waals surface area contributed by atoms with Crippen molar-refractivity contribution < 1.29 is 9.59 Å². The van der Waals surface area contributed by atoms with Crippen molar-refractivity contribution in [2.24, 2.45) is 5.92 Å². The van der Waals surface area contributed by atoms with E-state index in [1.54, 1.807) is 4.90 Å². The van der Waals surface area contributed by atoms with Crippen LogP contribution in [0.2, 0.25) is 0 Å². The van der Waals surface area contributed by atoms with Crippen molar-refractivity contribution in [1.29, 1.82) is 0 Å². The van der Waals surface area contributed by atoms with Crippen LogP contribution in [0.1, 0.15) is 39.2 Å². The molecule has 108 valence electrons. The van der Waals surface area contributed by atoms with Gasteiger partial charge in [0.1, 0.15) is 0 Å². The second-order valence-electron chi connectivity index (χ2n) is 5.63. The fourth-order valence-corrected chi connectivity index (χ4v) is 2.57. The monoisotopic (exact) mass is 274 g/mol. The largest absolute Gasteiger partial charge is 0.326 e. The van der Waals surface area contributed by atoms with Crippen LogP contribution in [0.4, 0.5) is 11.4 Å². The van der Waals surface area contributed by atoms with Crippen LogP contribution in [-0.4, -0.2) is 18.4 Å². The number of hydrogen-bond donors (Lipinski definition) is 1. The molecular weight excluding hydrogens is 252 g/mol. The number of fused-ring (bicyclic) bond motifs is 1. The maximum atomic E-state index is 11.8. The molecule has 0 saturated carbocycles. The summed E-state index contributed by atoms with van der Waals surface area (Å²) in [4.78, 5) is 25.4. The van der Waals surface area contributed by atoms with Crippen molar-refractivity contribution in [3.05, 3.63) is 23.8 Å². The first-order valence-electron chi connectivity index (χ1n) is 7.24. The van der Waals surface area contributed by atoms with E-state index in [0.29, 0.717) is 25.3 Å². The number of nitrogens with one attached hydrogen (secondary N) is 1. The van der Waals surface area contributed by atoms with Gasteiger partial charge in [0.25, 0.3) is 0 Å². The quantitative estimate of drug-likeness (QED) is 0.917. The number of hydrogen-bond acceptors (Lipinski definition) is 2. The van der Waals surface area contributed by atoms with E-state index in [2.05, 4.69) is 5.32 Å². The van der Waals surface area contributed by atoms with E-state index in [4.69, 9.17) is 0 Å². The predicted octanol–water partition coefficient (Wildman–Crippen LogP) is 2.97. The second-order valence-corrected chi connectivity index (χ2v) is 5.63. The molecule has 20 heavy (non-hydrogen) atoms.